The number of hydrogen-bond acceptors (Lipinski definition) is 2. The van der Waals surface area contributed by atoms with Crippen LogP contribution in [0.5, 0.6) is 0 Å². The minimum atomic E-state index is -5.32. The number of anilines is 1. The number of aromatic carboxylic acids is 1. The van der Waals surface area contributed by atoms with Crippen molar-refractivity contribution in [1.82, 2.24) is 0 Å². The van der Waals surface area contributed by atoms with E-state index >= 15 is 0 Å². The van der Waals surface area contributed by atoms with Crippen LogP contribution in [0.1, 0.15) is 10.4 Å². The van der Waals surface area contributed by atoms with E-state index in [1.54, 1.807) is 0 Å². The van der Waals surface area contributed by atoms with Gasteiger partial charge in [0.1, 0.15) is 5.82 Å². The van der Waals surface area contributed by atoms with Gasteiger partial charge in [-0.3, -0.25) is 4.79 Å². The van der Waals surface area contributed by atoms with Crippen molar-refractivity contribution in [3.63, 3.8) is 0 Å². The van der Waals surface area contributed by atoms with E-state index in [4.69, 9.17) is 5.11 Å². The Morgan fingerprint density at radius 1 is 1.17 bits per heavy atom. The molecule has 1 rings (SSSR count). The third kappa shape index (κ3) is 2.93. The molecule has 0 aliphatic carbocycles. The molecule has 1 aromatic carbocycles. The van der Waals surface area contributed by atoms with Gasteiger partial charge in [0, 0.05) is 6.07 Å². The van der Waals surface area contributed by atoms with Crippen molar-refractivity contribution in [2.24, 2.45) is 0 Å². The lowest BCUT2D eigenvalue weighted by atomic mass is 10.1. The lowest BCUT2D eigenvalue weighted by molar-refractivity contribution is -0.167. The Balaban J connectivity index is 3.24. The fourth-order valence-corrected chi connectivity index (χ4v) is 1.05. The number of nitrogens with one attached hydrogen (secondary N) is 1. The molecule has 0 fully saturated rings. The highest BCUT2D eigenvalue weighted by molar-refractivity contribution is 6.02. The summed E-state index contributed by atoms with van der Waals surface area (Å²) < 4.78 is 61.6. The van der Waals surface area contributed by atoms with E-state index in [-0.39, 0.29) is 12.1 Å². The Morgan fingerprint density at radius 3 is 2.17 bits per heavy atom. The van der Waals surface area contributed by atoms with Gasteiger partial charge in [0.25, 0.3) is 0 Å². The van der Waals surface area contributed by atoms with Gasteiger partial charge in [0.2, 0.25) is 0 Å². The van der Waals surface area contributed by atoms with E-state index in [1.807, 2.05) is 0 Å². The molecule has 0 atom stereocenters. The van der Waals surface area contributed by atoms with E-state index in [2.05, 4.69) is 0 Å². The van der Waals surface area contributed by atoms with Crippen molar-refractivity contribution in [3.05, 3.63) is 29.3 Å². The summed E-state index contributed by atoms with van der Waals surface area (Å²) in [6.45, 7) is 0. The molecule has 0 unspecified atom stereocenters. The minimum absolute atomic E-state index is 0.151. The van der Waals surface area contributed by atoms with Gasteiger partial charge in [-0.05, 0) is 6.07 Å². The number of alkyl halides is 3. The van der Waals surface area contributed by atoms with Crippen molar-refractivity contribution >= 4 is 17.6 Å². The summed E-state index contributed by atoms with van der Waals surface area (Å²) in [4.78, 5) is 21.1. The first-order valence-corrected chi connectivity index (χ1v) is 4.23. The van der Waals surface area contributed by atoms with Crippen LogP contribution in [-0.2, 0) is 4.79 Å². The Hall–Kier alpha value is -2.19. The van der Waals surface area contributed by atoms with Crippen LogP contribution in [0.2, 0.25) is 0 Å². The van der Waals surface area contributed by atoms with Crippen molar-refractivity contribution in [3.8, 4) is 0 Å². The Kier molecular flexibility index (Phi) is 3.54. The zero-order valence-electron chi connectivity index (χ0n) is 8.31. The van der Waals surface area contributed by atoms with Gasteiger partial charge in [0.05, 0.1) is 11.3 Å². The zero-order chi connectivity index (χ0) is 14.1. The second kappa shape index (κ2) is 4.59. The van der Waals surface area contributed by atoms with Crippen LogP contribution in [0.3, 0.4) is 0 Å². The number of carbonyl (C=O) groups is 2. The quantitative estimate of drug-likeness (QED) is 0.808. The van der Waals surface area contributed by atoms with E-state index in [0.29, 0.717) is 0 Å². The number of amides is 1. The number of hydrogen-bond donors (Lipinski definition) is 2. The summed E-state index contributed by atoms with van der Waals surface area (Å²) in [7, 11) is 0. The molecule has 0 spiro atoms. The molecule has 1 amide bonds. The summed E-state index contributed by atoms with van der Waals surface area (Å²) >= 11 is 0. The molecule has 0 aromatic heterocycles. The third-order valence-electron chi connectivity index (χ3n) is 1.78. The normalized spacial score (nSPS) is 11.2. The van der Waals surface area contributed by atoms with Crippen LogP contribution < -0.4 is 5.32 Å². The molecule has 4 nitrogen and oxygen atoms in total. The molecule has 0 saturated heterocycles. The molecule has 2 N–H and O–H groups in total. The molecular formula is C9H4F5NO3. The van der Waals surface area contributed by atoms with Gasteiger partial charge in [-0.2, -0.15) is 13.2 Å². The van der Waals surface area contributed by atoms with Crippen LogP contribution in [0.4, 0.5) is 27.6 Å². The predicted octanol–water partition coefficient (Wildman–Crippen LogP) is 2.16. The van der Waals surface area contributed by atoms with Gasteiger partial charge in [-0.25, -0.2) is 13.6 Å². The van der Waals surface area contributed by atoms with Crippen LogP contribution in [0.25, 0.3) is 0 Å². The van der Waals surface area contributed by atoms with E-state index in [0.717, 1.165) is 5.32 Å². The van der Waals surface area contributed by atoms with Gasteiger partial charge in [0.15, 0.2) is 5.82 Å². The number of benzene rings is 1. The average Bonchev–Trinajstić information content (AvgIpc) is 2.19. The summed E-state index contributed by atoms with van der Waals surface area (Å²) in [5, 5.41) is 9.61. The maximum absolute atomic E-state index is 13.1. The third-order valence-corrected chi connectivity index (χ3v) is 1.78. The standard InChI is InChI=1S/C9H4F5NO3/c10-3-1-4(7(16)17)6(5(11)2-3)15-8(18)9(12,13)14/h1-2H,(H,15,18)(H,16,17). The molecule has 98 valence electrons. The fourth-order valence-electron chi connectivity index (χ4n) is 1.05. The number of rotatable bonds is 2. The van der Waals surface area contributed by atoms with Crippen LogP contribution in [-0.4, -0.2) is 23.2 Å². The van der Waals surface area contributed by atoms with Gasteiger partial charge in [-0.1, -0.05) is 0 Å². The van der Waals surface area contributed by atoms with Gasteiger partial charge >= 0.3 is 18.1 Å². The lowest BCUT2D eigenvalue weighted by Crippen LogP contribution is -2.31. The SMILES string of the molecule is O=C(O)c1cc(F)cc(F)c1NC(=O)C(F)(F)F. The first-order chi connectivity index (χ1) is 8.12. The molecule has 0 radical (unpaired) electrons. The molecule has 9 heteroatoms. The maximum atomic E-state index is 13.1. The van der Waals surface area contributed by atoms with Crippen LogP contribution in [0.15, 0.2) is 12.1 Å². The fraction of sp³-hybridized carbons (Fsp3) is 0.111. The monoisotopic (exact) mass is 269 g/mol. The van der Waals surface area contributed by atoms with E-state index in [1.165, 1.54) is 0 Å². The van der Waals surface area contributed by atoms with Crippen molar-refractivity contribution in [1.29, 1.82) is 0 Å². The summed E-state index contributed by atoms with van der Waals surface area (Å²) in [6.07, 6.45) is -5.32. The first kappa shape index (κ1) is 13.9. The van der Waals surface area contributed by atoms with Crippen molar-refractivity contribution in [2.45, 2.75) is 6.18 Å². The number of carboxylic acids is 1. The highest BCUT2D eigenvalue weighted by atomic mass is 19.4. The second-order valence-corrected chi connectivity index (χ2v) is 3.07. The molecule has 0 saturated carbocycles. The smallest absolute Gasteiger partial charge is 0.471 e. The molecule has 0 heterocycles. The highest BCUT2D eigenvalue weighted by Gasteiger charge is 2.39. The molecular weight excluding hydrogens is 265 g/mol. The second-order valence-electron chi connectivity index (χ2n) is 3.07. The summed E-state index contributed by atoms with van der Waals surface area (Å²) in [6, 6.07) is 0.440. The predicted molar refractivity (Wildman–Crippen MR) is 48.0 cm³/mol. The molecule has 18 heavy (non-hydrogen) atoms. The maximum Gasteiger partial charge on any atom is 0.471 e. The average molecular weight is 269 g/mol. The molecule has 0 aliphatic heterocycles. The minimum Gasteiger partial charge on any atom is -0.478 e. The Bertz CT molecular complexity index is 512. The van der Waals surface area contributed by atoms with Crippen LogP contribution in [0, 0.1) is 11.6 Å². The molecule has 0 bridgehead atoms. The largest absolute Gasteiger partial charge is 0.478 e. The number of halogens is 5. The van der Waals surface area contributed by atoms with Crippen molar-refractivity contribution < 1.29 is 36.6 Å². The van der Waals surface area contributed by atoms with Gasteiger partial charge in [-0.15, -0.1) is 0 Å². The summed E-state index contributed by atoms with van der Waals surface area (Å²) in [5.74, 6) is -7.36. The summed E-state index contributed by atoms with van der Waals surface area (Å²) in [5.41, 5.74) is -2.36. The lowest BCUT2D eigenvalue weighted by Gasteiger charge is -2.11. The van der Waals surface area contributed by atoms with Gasteiger partial charge < -0.3 is 10.4 Å². The first-order valence-electron chi connectivity index (χ1n) is 4.23. The number of carboxylic acid groups (broad SMARTS) is 1. The molecule has 0 aliphatic rings. The highest BCUT2D eigenvalue weighted by Crippen LogP contribution is 2.25. The zero-order valence-corrected chi connectivity index (χ0v) is 8.31. The Morgan fingerprint density at radius 2 is 1.72 bits per heavy atom. The van der Waals surface area contributed by atoms with Crippen LogP contribution >= 0.6 is 0 Å². The number of carbonyl (C=O) groups excluding carboxylic acids is 1. The van der Waals surface area contributed by atoms with E-state index in [9.17, 15) is 31.5 Å². The Labute approximate surface area is 96.0 Å². The van der Waals surface area contributed by atoms with Crippen molar-refractivity contribution in [2.75, 3.05) is 5.32 Å². The topological polar surface area (TPSA) is 66.4 Å². The molecule has 1 aromatic rings. The van der Waals surface area contributed by atoms with E-state index < -0.39 is 40.9 Å².